The Morgan fingerprint density at radius 2 is 1.67 bits per heavy atom. The minimum atomic E-state index is -3.30. The summed E-state index contributed by atoms with van der Waals surface area (Å²) in [5.74, 6) is 0.707. The molecule has 5 nitrogen and oxygen atoms in total. The molecule has 1 aliphatic heterocycles. The van der Waals surface area contributed by atoms with Crippen LogP contribution in [0.4, 0.5) is 0 Å². The standard InChI is InChI=1S/C21H28N2O3S/c1-18-6-3-4-7-19(18)17-23-12-10-22(11-13-23)14-15-27(24,25)21-9-5-8-20(16-21)26-2/h3-9,16H,10-15,17H2,1-2H3. The van der Waals surface area contributed by atoms with Crippen molar-refractivity contribution in [3.8, 4) is 5.75 Å². The van der Waals surface area contributed by atoms with Crippen LogP contribution in [0.5, 0.6) is 5.75 Å². The van der Waals surface area contributed by atoms with E-state index in [1.807, 2.05) is 0 Å². The minimum Gasteiger partial charge on any atom is -0.497 e. The molecule has 146 valence electrons. The zero-order chi connectivity index (χ0) is 19.3. The molecule has 0 N–H and O–H groups in total. The predicted molar refractivity (Wildman–Crippen MR) is 108 cm³/mol. The number of rotatable bonds is 7. The molecule has 1 heterocycles. The number of benzene rings is 2. The third-order valence-corrected chi connectivity index (χ3v) is 6.89. The lowest BCUT2D eigenvalue weighted by atomic mass is 10.1. The van der Waals surface area contributed by atoms with Gasteiger partial charge in [0.2, 0.25) is 0 Å². The molecule has 6 heteroatoms. The fourth-order valence-electron chi connectivity index (χ4n) is 3.36. The van der Waals surface area contributed by atoms with Gasteiger partial charge in [-0.1, -0.05) is 30.3 Å². The number of nitrogens with zero attached hydrogens (tertiary/aromatic N) is 2. The molecule has 0 radical (unpaired) electrons. The van der Waals surface area contributed by atoms with E-state index in [0.29, 0.717) is 17.2 Å². The van der Waals surface area contributed by atoms with Crippen molar-refractivity contribution in [1.82, 2.24) is 9.80 Å². The second-order valence-electron chi connectivity index (χ2n) is 7.04. The van der Waals surface area contributed by atoms with Crippen molar-refractivity contribution in [3.63, 3.8) is 0 Å². The highest BCUT2D eigenvalue weighted by atomic mass is 32.2. The molecule has 3 rings (SSSR count). The summed E-state index contributed by atoms with van der Waals surface area (Å²) in [6.45, 7) is 7.41. The largest absolute Gasteiger partial charge is 0.497 e. The third kappa shape index (κ3) is 5.31. The van der Waals surface area contributed by atoms with Crippen LogP contribution in [0.2, 0.25) is 0 Å². The normalized spacial score (nSPS) is 16.4. The maximum absolute atomic E-state index is 12.6. The maximum atomic E-state index is 12.6. The Morgan fingerprint density at radius 1 is 0.963 bits per heavy atom. The molecule has 0 saturated carbocycles. The van der Waals surface area contributed by atoms with Crippen molar-refractivity contribution in [2.45, 2.75) is 18.4 Å². The molecule has 0 aliphatic carbocycles. The second-order valence-corrected chi connectivity index (χ2v) is 9.15. The minimum absolute atomic E-state index is 0.137. The molecule has 0 aromatic heterocycles. The first-order valence-corrected chi connectivity index (χ1v) is 11.0. The quantitative estimate of drug-likeness (QED) is 0.730. The summed E-state index contributed by atoms with van der Waals surface area (Å²) in [6, 6.07) is 15.2. The molecule has 0 atom stereocenters. The number of sulfone groups is 1. The molecule has 0 unspecified atom stereocenters. The van der Waals surface area contributed by atoms with Gasteiger partial charge >= 0.3 is 0 Å². The van der Waals surface area contributed by atoms with Gasteiger partial charge in [-0.2, -0.15) is 0 Å². The highest BCUT2D eigenvalue weighted by Gasteiger charge is 2.21. The van der Waals surface area contributed by atoms with E-state index in [1.54, 1.807) is 31.4 Å². The lowest BCUT2D eigenvalue weighted by Gasteiger charge is -2.34. The van der Waals surface area contributed by atoms with Crippen LogP contribution in [-0.2, 0) is 16.4 Å². The summed E-state index contributed by atoms with van der Waals surface area (Å²) < 4.78 is 30.3. The topological polar surface area (TPSA) is 49.9 Å². The van der Waals surface area contributed by atoms with Gasteiger partial charge in [-0.05, 0) is 36.2 Å². The first-order valence-electron chi connectivity index (χ1n) is 9.34. The van der Waals surface area contributed by atoms with Crippen molar-refractivity contribution < 1.29 is 13.2 Å². The van der Waals surface area contributed by atoms with E-state index >= 15 is 0 Å². The van der Waals surface area contributed by atoms with E-state index in [1.165, 1.54) is 11.1 Å². The van der Waals surface area contributed by atoms with Gasteiger partial charge in [0.1, 0.15) is 5.75 Å². The van der Waals surface area contributed by atoms with Gasteiger partial charge in [-0.25, -0.2) is 8.42 Å². The fraction of sp³-hybridized carbons (Fsp3) is 0.429. The zero-order valence-electron chi connectivity index (χ0n) is 16.1. The van der Waals surface area contributed by atoms with Crippen LogP contribution in [-0.4, -0.2) is 63.8 Å². The van der Waals surface area contributed by atoms with Crippen LogP contribution in [0.15, 0.2) is 53.4 Å². The Kier molecular flexibility index (Phi) is 6.52. The van der Waals surface area contributed by atoms with Gasteiger partial charge in [0, 0.05) is 39.3 Å². The summed E-state index contributed by atoms with van der Waals surface area (Å²) in [5.41, 5.74) is 2.69. The van der Waals surface area contributed by atoms with Gasteiger partial charge in [-0.15, -0.1) is 0 Å². The summed E-state index contributed by atoms with van der Waals surface area (Å²) in [6.07, 6.45) is 0. The van der Waals surface area contributed by atoms with Gasteiger partial charge in [0.05, 0.1) is 17.8 Å². The first kappa shape index (κ1) is 19.9. The molecule has 1 fully saturated rings. The van der Waals surface area contributed by atoms with Gasteiger partial charge < -0.3 is 4.74 Å². The number of piperazine rings is 1. The van der Waals surface area contributed by atoms with Crippen LogP contribution in [0.25, 0.3) is 0 Å². The Hall–Kier alpha value is -1.89. The smallest absolute Gasteiger partial charge is 0.179 e. The van der Waals surface area contributed by atoms with E-state index in [9.17, 15) is 8.42 Å². The van der Waals surface area contributed by atoms with Crippen LogP contribution in [0, 0.1) is 6.92 Å². The first-order chi connectivity index (χ1) is 13.0. The average Bonchev–Trinajstić information content (AvgIpc) is 2.69. The van der Waals surface area contributed by atoms with E-state index in [4.69, 9.17) is 4.74 Å². The molecular formula is C21H28N2O3S. The van der Waals surface area contributed by atoms with Crippen LogP contribution in [0.1, 0.15) is 11.1 Å². The number of methoxy groups -OCH3 is 1. The van der Waals surface area contributed by atoms with Crippen LogP contribution in [0.3, 0.4) is 0 Å². The Bertz CT molecular complexity index is 859. The molecule has 2 aromatic rings. The van der Waals surface area contributed by atoms with Gasteiger partial charge in [-0.3, -0.25) is 9.80 Å². The van der Waals surface area contributed by atoms with Crippen LogP contribution >= 0.6 is 0 Å². The van der Waals surface area contributed by atoms with E-state index < -0.39 is 9.84 Å². The molecule has 0 bridgehead atoms. The average molecular weight is 389 g/mol. The van der Waals surface area contributed by atoms with Crippen molar-refractivity contribution in [3.05, 3.63) is 59.7 Å². The van der Waals surface area contributed by atoms with Crippen molar-refractivity contribution >= 4 is 9.84 Å². The summed E-state index contributed by atoms with van der Waals surface area (Å²) in [4.78, 5) is 5.02. The number of aryl methyl sites for hydroxylation is 1. The predicted octanol–water partition coefficient (Wildman–Crippen LogP) is 2.60. The summed E-state index contributed by atoms with van der Waals surface area (Å²) >= 11 is 0. The number of ether oxygens (including phenoxy) is 1. The Morgan fingerprint density at radius 3 is 2.37 bits per heavy atom. The fourth-order valence-corrected chi connectivity index (χ4v) is 4.68. The summed E-state index contributed by atoms with van der Waals surface area (Å²) in [7, 11) is -1.75. The molecule has 0 spiro atoms. The lowest BCUT2D eigenvalue weighted by Crippen LogP contribution is -2.47. The molecule has 27 heavy (non-hydrogen) atoms. The Balaban J connectivity index is 1.50. The zero-order valence-corrected chi connectivity index (χ0v) is 16.9. The van der Waals surface area contributed by atoms with Crippen LogP contribution < -0.4 is 4.74 Å². The van der Waals surface area contributed by atoms with Gasteiger partial charge in [0.25, 0.3) is 0 Å². The van der Waals surface area contributed by atoms with Crippen molar-refractivity contribution in [2.75, 3.05) is 45.6 Å². The molecule has 2 aromatic carbocycles. The van der Waals surface area contributed by atoms with Crippen molar-refractivity contribution in [2.24, 2.45) is 0 Å². The van der Waals surface area contributed by atoms with Crippen molar-refractivity contribution in [1.29, 1.82) is 0 Å². The van der Waals surface area contributed by atoms with E-state index in [2.05, 4.69) is 41.0 Å². The summed E-state index contributed by atoms with van der Waals surface area (Å²) in [5, 5.41) is 0. The third-order valence-electron chi connectivity index (χ3n) is 5.20. The molecule has 1 aliphatic rings. The SMILES string of the molecule is COc1cccc(S(=O)(=O)CCN2CCN(Cc3ccccc3C)CC2)c1. The van der Waals surface area contributed by atoms with Gasteiger partial charge in [0.15, 0.2) is 9.84 Å². The Labute approximate surface area is 162 Å². The number of hydrogen-bond acceptors (Lipinski definition) is 5. The molecule has 1 saturated heterocycles. The monoisotopic (exact) mass is 388 g/mol. The lowest BCUT2D eigenvalue weighted by molar-refractivity contribution is 0.132. The molecule has 0 amide bonds. The highest BCUT2D eigenvalue weighted by Crippen LogP contribution is 2.19. The van der Waals surface area contributed by atoms with E-state index in [-0.39, 0.29) is 5.75 Å². The highest BCUT2D eigenvalue weighted by molar-refractivity contribution is 7.91. The van der Waals surface area contributed by atoms with E-state index in [0.717, 1.165) is 32.7 Å². The molecular weight excluding hydrogens is 360 g/mol. The maximum Gasteiger partial charge on any atom is 0.179 e. The second kappa shape index (κ2) is 8.87. The number of hydrogen-bond donors (Lipinski definition) is 0.